The van der Waals surface area contributed by atoms with Crippen LogP contribution in [-0.2, 0) is 4.79 Å². The van der Waals surface area contributed by atoms with Crippen LogP contribution in [0.5, 0.6) is 5.75 Å². The lowest BCUT2D eigenvalue weighted by molar-refractivity contribution is -0.118. The molecule has 0 saturated carbocycles. The molecule has 2 N–H and O–H groups in total. The summed E-state index contributed by atoms with van der Waals surface area (Å²) in [5, 5.41) is 5.44. The lowest BCUT2D eigenvalue weighted by atomic mass is 10.2. The molecule has 0 aliphatic heterocycles. The Hall–Kier alpha value is -2.09. The Labute approximate surface area is 148 Å². The molecule has 0 aromatic heterocycles. The molecule has 2 aromatic carbocycles. The van der Waals surface area contributed by atoms with Crippen LogP contribution < -0.4 is 15.4 Å². The molecule has 23 heavy (non-hydrogen) atoms. The SMILES string of the molecule is CCNC(=O)c1cccc(NC(=O)COc2ccccc2I)c1. The minimum atomic E-state index is -0.280. The number of rotatable bonds is 6. The molecule has 0 radical (unpaired) electrons. The van der Waals surface area contributed by atoms with Crippen LogP contribution in [0, 0.1) is 3.57 Å². The summed E-state index contributed by atoms with van der Waals surface area (Å²) in [6.45, 7) is 2.32. The van der Waals surface area contributed by atoms with Crippen LogP contribution >= 0.6 is 22.6 Å². The highest BCUT2D eigenvalue weighted by Crippen LogP contribution is 2.19. The zero-order chi connectivity index (χ0) is 16.7. The number of para-hydroxylation sites is 1. The molecule has 0 unspecified atom stereocenters. The van der Waals surface area contributed by atoms with Gasteiger partial charge in [0.2, 0.25) is 0 Å². The van der Waals surface area contributed by atoms with E-state index in [1.165, 1.54) is 0 Å². The molecule has 0 aliphatic carbocycles. The van der Waals surface area contributed by atoms with Crippen molar-refractivity contribution in [3.8, 4) is 5.75 Å². The normalized spacial score (nSPS) is 10.0. The molecule has 120 valence electrons. The zero-order valence-electron chi connectivity index (χ0n) is 12.6. The molecular formula is C17H17IN2O3. The van der Waals surface area contributed by atoms with Crippen molar-refractivity contribution in [1.29, 1.82) is 0 Å². The second-order valence-electron chi connectivity index (χ2n) is 4.71. The van der Waals surface area contributed by atoms with E-state index in [-0.39, 0.29) is 18.4 Å². The van der Waals surface area contributed by atoms with Crippen LogP contribution in [0.3, 0.4) is 0 Å². The van der Waals surface area contributed by atoms with Gasteiger partial charge in [-0.1, -0.05) is 18.2 Å². The predicted octanol–water partition coefficient (Wildman–Crippen LogP) is 3.06. The first-order valence-electron chi connectivity index (χ1n) is 7.15. The van der Waals surface area contributed by atoms with E-state index >= 15 is 0 Å². The summed E-state index contributed by atoms with van der Waals surface area (Å²) in [7, 11) is 0. The first kappa shape index (κ1) is 17.3. The Kier molecular flexibility index (Phi) is 6.40. The van der Waals surface area contributed by atoms with Crippen LogP contribution in [0.2, 0.25) is 0 Å². The van der Waals surface area contributed by atoms with Gasteiger partial charge in [0.25, 0.3) is 11.8 Å². The third-order valence-electron chi connectivity index (χ3n) is 2.94. The lowest BCUT2D eigenvalue weighted by Gasteiger charge is -2.09. The Bertz CT molecular complexity index is 704. The predicted molar refractivity (Wildman–Crippen MR) is 97.7 cm³/mol. The maximum Gasteiger partial charge on any atom is 0.262 e. The molecule has 0 bridgehead atoms. The summed E-state index contributed by atoms with van der Waals surface area (Å²) >= 11 is 2.15. The van der Waals surface area contributed by atoms with Gasteiger partial charge in [-0.25, -0.2) is 0 Å². The average Bonchev–Trinajstić information content (AvgIpc) is 2.54. The molecule has 0 heterocycles. The number of hydrogen-bond acceptors (Lipinski definition) is 3. The third kappa shape index (κ3) is 5.24. The number of ether oxygens (including phenoxy) is 1. The van der Waals surface area contributed by atoms with Gasteiger partial charge in [-0.2, -0.15) is 0 Å². The van der Waals surface area contributed by atoms with E-state index in [4.69, 9.17) is 4.74 Å². The number of hydrogen-bond donors (Lipinski definition) is 2. The van der Waals surface area contributed by atoms with Gasteiger partial charge in [0, 0.05) is 17.8 Å². The number of amides is 2. The van der Waals surface area contributed by atoms with Gasteiger partial charge in [0.15, 0.2) is 6.61 Å². The van der Waals surface area contributed by atoms with Crippen molar-refractivity contribution in [1.82, 2.24) is 5.32 Å². The van der Waals surface area contributed by atoms with Crippen molar-refractivity contribution in [3.63, 3.8) is 0 Å². The fourth-order valence-corrected chi connectivity index (χ4v) is 2.45. The second-order valence-corrected chi connectivity index (χ2v) is 5.87. The molecule has 0 spiro atoms. The van der Waals surface area contributed by atoms with Crippen LogP contribution in [0.15, 0.2) is 48.5 Å². The van der Waals surface area contributed by atoms with E-state index in [9.17, 15) is 9.59 Å². The highest BCUT2D eigenvalue weighted by atomic mass is 127. The Morgan fingerprint density at radius 3 is 2.65 bits per heavy atom. The van der Waals surface area contributed by atoms with Crippen LogP contribution in [0.1, 0.15) is 17.3 Å². The highest BCUT2D eigenvalue weighted by Gasteiger charge is 2.08. The van der Waals surface area contributed by atoms with Gasteiger partial charge < -0.3 is 15.4 Å². The van der Waals surface area contributed by atoms with Crippen molar-refractivity contribution in [2.75, 3.05) is 18.5 Å². The maximum atomic E-state index is 12.0. The van der Waals surface area contributed by atoms with Gasteiger partial charge in [0.05, 0.1) is 3.57 Å². The summed E-state index contributed by atoms with van der Waals surface area (Å²) in [5.74, 6) is 0.218. The largest absolute Gasteiger partial charge is 0.483 e. The first-order valence-corrected chi connectivity index (χ1v) is 8.23. The van der Waals surface area contributed by atoms with Crippen LogP contribution in [0.4, 0.5) is 5.69 Å². The number of nitrogens with one attached hydrogen (secondary N) is 2. The van der Waals surface area contributed by atoms with Crippen LogP contribution in [-0.4, -0.2) is 25.0 Å². The molecule has 5 nitrogen and oxygen atoms in total. The van der Waals surface area contributed by atoms with Gasteiger partial charge in [0.1, 0.15) is 5.75 Å². The monoisotopic (exact) mass is 424 g/mol. The number of carbonyl (C=O) groups excluding carboxylic acids is 2. The summed E-state index contributed by atoms with van der Waals surface area (Å²) < 4.78 is 6.43. The van der Waals surface area contributed by atoms with Crippen molar-refractivity contribution in [2.45, 2.75) is 6.92 Å². The number of carbonyl (C=O) groups is 2. The number of anilines is 1. The Morgan fingerprint density at radius 1 is 1.13 bits per heavy atom. The third-order valence-corrected chi connectivity index (χ3v) is 3.83. The van der Waals surface area contributed by atoms with E-state index < -0.39 is 0 Å². The van der Waals surface area contributed by atoms with Gasteiger partial charge in [-0.05, 0) is 59.8 Å². The second kappa shape index (κ2) is 8.52. The minimum Gasteiger partial charge on any atom is -0.483 e. The number of benzene rings is 2. The Balaban J connectivity index is 1.94. The summed E-state index contributed by atoms with van der Waals surface area (Å²) in [6.07, 6.45) is 0. The fourth-order valence-electron chi connectivity index (χ4n) is 1.90. The molecular weight excluding hydrogens is 407 g/mol. The van der Waals surface area contributed by atoms with E-state index in [1.54, 1.807) is 24.3 Å². The van der Waals surface area contributed by atoms with E-state index in [0.29, 0.717) is 23.5 Å². The summed E-state index contributed by atoms with van der Waals surface area (Å²) in [6, 6.07) is 14.3. The maximum absolute atomic E-state index is 12.0. The molecule has 2 amide bonds. The topological polar surface area (TPSA) is 67.4 Å². The quantitative estimate of drug-likeness (QED) is 0.701. The highest BCUT2D eigenvalue weighted by molar-refractivity contribution is 14.1. The van der Waals surface area contributed by atoms with Crippen LogP contribution in [0.25, 0.3) is 0 Å². The number of halogens is 1. The lowest BCUT2D eigenvalue weighted by Crippen LogP contribution is -2.23. The van der Waals surface area contributed by atoms with Crippen molar-refractivity contribution in [2.24, 2.45) is 0 Å². The molecule has 2 rings (SSSR count). The van der Waals surface area contributed by atoms with E-state index in [1.807, 2.05) is 31.2 Å². The minimum absolute atomic E-state index is 0.0919. The molecule has 0 atom stereocenters. The summed E-state index contributed by atoms with van der Waals surface area (Å²) in [5.41, 5.74) is 1.06. The zero-order valence-corrected chi connectivity index (χ0v) is 14.8. The first-order chi connectivity index (χ1) is 11.1. The van der Waals surface area contributed by atoms with Gasteiger partial charge in [-0.15, -0.1) is 0 Å². The fraction of sp³-hybridized carbons (Fsp3) is 0.176. The molecule has 0 fully saturated rings. The standard InChI is InChI=1S/C17H17IN2O3/c1-2-19-17(22)12-6-5-7-13(10-12)20-16(21)11-23-15-9-4-3-8-14(15)18/h3-10H,2,11H2,1H3,(H,19,22)(H,20,21). The smallest absolute Gasteiger partial charge is 0.262 e. The summed E-state index contributed by atoms with van der Waals surface area (Å²) in [4.78, 5) is 23.7. The van der Waals surface area contributed by atoms with Gasteiger partial charge >= 0.3 is 0 Å². The average molecular weight is 424 g/mol. The van der Waals surface area contributed by atoms with E-state index in [2.05, 4.69) is 33.2 Å². The van der Waals surface area contributed by atoms with E-state index in [0.717, 1.165) is 3.57 Å². The Morgan fingerprint density at radius 2 is 1.91 bits per heavy atom. The molecule has 0 aliphatic rings. The van der Waals surface area contributed by atoms with Gasteiger partial charge in [-0.3, -0.25) is 9.59 Å². The van der Waals surface area contributed by atoms with Crippen molar-refractivity contribution < 1.29 is 14.3 Å². The molecule has 2 aromatic rings. The van der Waals surface area contributed by atoms with Crippen molar-refractivity contribution in [3.05, 3.63) is 57.7 Å². The molecule has 6 heteroatoms. The van der Waals surface area contributed by atoms with Crippen molar-refractivity contribution >= 4 is 40.1 Å². The molecule has 0 saturated heterocycles.